The molecule has 3 aromatic rings. The lowest BCUT2D eigenvalue weighted by Crippen LogP contribution is -2.50. The van der Waals surface area contributed by atoms with Gasteiger partial charge in [-0.15, -0.1) is 0 Å². The van der Waals surface area contributed by atoms with Crippen LogP contribution in [0.2, 0.25) is 0 Å². The lowest BCUT2D eigenvalue weighted by molar-refractivity contribution is -0.904. The van der Waals surface area contributed by atoms with Gasteiger partial charge in [-0.1, -0.05) is 30.3 Å². The van der Waals surface area contributed by atoms with Crippen molar-refractivity contribution in [2.45, 2.75) is 6.54 Å². The van der Waals surface area contributed by atoms with Gasteiger partial charge in [-0.05, 0) is 18.2 Å². The van der Waals surface area contributed by atoms with Crippen molar-refractivity contribution in [2.24, 2.45) is 0 Å². The molecule has 1 aliphatic heterocycles. The summed E-state index contributed by atoms with van der Waals surface area (Å²) in [6.07, 6.45) is 1.80. The van der Waals surface area contributed by atoms with E-state index in [0.717, 1.165) is 34.6 Å². The maximum absolute atomic E-state index is 6.00. The van der Waals surface area contributed by atoms with Gasteiger partial charge in [0.1, 0.15) is 6.54 Å². The van der Waals surface area contributed by atoms with Crippen molar-refractivity contribution in [3.63, 3.8) is 0 Å². The molecule has 1 aliphatic rings. The molecule has 2 aromatic carbocycles. The van der Waals surface area contributed by atoms with Gasteiger partial charge in [0.05, 0.1) is 20.3 Å². The molecule has 0 unspecified atom stereocenters. The first-order chi connectivity index (χ1) is 11.5. The first-order valence-electron chi connectivity index (χ1n) is 8.19. The average Bonchev–Trinajstić information content (AvgIpc) is 3.04. The smallest absolute Gasteiger partial charge is 0.226 e. The quantitative estimate of drug-likeness (QED) is 0.669. The molecular formula is C20H22N3O+. The number of nitrogens with zero attached hydrogens (tertiary/aromatic N) is 3. The molecule has 0 aliphatic carbocycles. The van der Waals surface area contributed by atoms with Crippen LogP contribution in [0.5, 0.6) is 0 Å². The molecule has 0 radical (unpaired) electrons. The van der Waals surface area contributed by atoms with Gasteiger partial charge in [-0.25, -0.2) is 4.98 Å². The minimum absolute atomic E-state index is 0.676. The zero-order chi connectivity index (χ0) is 16.7. The number of oxazole rings is 1. The molecule has 0 N–H and O–H groups in total. The number of benzene rings is 2. The van der Waals surface area contributed by atoms with Gasteiger partial charge >= 0.3 is 0 Å². The monoisotopic (exact) mass is 320 g/mol. The number of hydrogen-bond donors (Lipinski definition) is 0. The van der Waals surface area contributed by atoms with E-state index in [0.29, 0.717) is 5.89 Å². The molecule has 122 valence electrons. The Morgan fingerprint density at radius 2 is 1.83 bits per heavy atom. The van der Waals surface area contributed by atoms with Crippen molar-refractivity contribution >= 4 is 5.69 Å². The molecule has 1 aromatic heterocycles. The van der Waals surface area contributed by atoms with Gasteiger partial charge in [0.15, 0.2) is 12.4 Å². The van der Waals surface area contributed by atoms with Crippen LogP contribution in [0.25, 0.3) is 22.8 Å². The predicted octanol–water partition coefficient (Wildman–Crippen LogP) is 3.99. The zero-order valence-corrected chi connectivity index (χ0v) is 14.4. The summed E-state index contributed by atoms with van der Waals surface area (Å²) in [4.78, 5) is 6.79. The fourth-order valence-electron chi connectivity index (χ4n) is 3.52. The van der Waals surface area contributed by atoms with Crippen molar-refractivity contribution < 1.29 is 8.90 Å². The molecular weight excluding hydrogens is 298 g/mol. The Bertz CT molecular complexity index is 868. The highest BCUT2D eigenvalue weighted by molar-refractivity contribution is 5.66. The van der Waals surface area contributed by atoms with Crippen LogP contribution in [0, 0.1) is 0 Å². The van der Waals surface area contributed by atoms with E-state index in [1.807, 2.05) is 30.3 Å². The second kappa shape index (κ2) is 5.49. The maximum atomic E-state index is 6.00. The molecule has 4 rings (SSSR count). The lowest BCUT2D eigenvalue weighted by Gasteiger charge is -2.40. The third-order valence-electron chi connectivity index (χ3n) is 4.50. The second-order valence-corrected chi connectivity index (χ2v) is 7.17. The van der Waals surface area contributed by atoms with Crippen LogP contribution in [-0.2, 0) is 6.54 Å². The SMILES string of the molecule is CN1C[N+](C)(C)Cc2cc(-c3ncc(-c4ccccc4)o3)ccc21. The summed E-state index contributed by atoms with van der Waals surface area (Å²) in [5.41, 5.74) is 4.72. The Kier molecular flexibility index (Phi) is 3.43. The van der Waals surface area contributed by atoms with Crippen LogP contribution < -0.4 is 4.90 Å². The van der Waals surface area contributed by atoms with Gasteiger partial charge < -0.3 is 13.8 Å². The van der Waals surface area contributed by atoms with E-state index in [2.05, 4.69) is 49.2 Å². The molecule has 24 heavy (non-hydrogen) atoms. The molecule has 0 saturated heterocycles. The van der Waals surface area contributed by atoms with Crippen LogP contribution in [-0.4, -0.2) is 37.3 Å². The van der Waals surface area contributed by atoms with Crippen LogP contribution in [0.4, 0.5) is 5.69 Å². The Labute approximate surface area is 142 Å². The van der Waals surface area contributed by atoms with Crippen molar-refractivity contribution in [1.29, 1.82) is 0 Å². The normalized spacial score (nSPS) is 16.0. The summed E-state index contributed by atoms with van der Waals surface area (Å²) in [6, 6.07) is 16.6. The van der Waals surface area contributed by atoms with Crippen LogP contribution in [0.3, 0.4) is 0 Å². The standard InChI is InChI=1S/C20H22N3O/c1-22-14-23(2,3)13-17-11-16(9-10-18(17)22)20-21-12-19(24-20)15-7-5-4-6-8-15/h4-12H,13-14H2,1-3H3/q+1. The summed E-state index contributed by atoms with van der Waals surface area (Å²) in [5.74, 6) is 1.48. The van der Waals surface area contributed by atoms with E-state index in [9.17, 15) is 0 Å². The Morgan fingerprint density at radius 3 is 2.62 bits per heavy atom. The highest BCUT2D eigenvalue weighted by Crippen LogP contribution is 2.33. The molecule has 0 fully saturated rings. The third-order valence-corrected chi connectivity index (χ3v) is 4.50. The number of aromatic nitrogens is 1. The molecule has 0 atom stereocenters. The maximum Gasteiger partial charge on any atom is 0.226 e. The van der Waals surface area contributed by atoms with Gasteiger partial charge in [-0.3, -0.25) is 0 Å². The highest BCUT2D eigenvalue weighted by atomic mass is 16.4. The van der Waals surface area contributed by atoms with Gasteiger partial charge in [0.2, 0.25) is 5.89 Å². The Balaban J connectivity index is 1.70. The number of rotatable bonds is 2. The van der Waals surface area contributed by atoms with Gasteiger partial charge in [0, 0.05) is 29.4 Å². The lowest BCUT2D eigenvalue weighted by atomic mass is 10.0. The van der Waals surface area contributed by atoms with E-state index in [1.54, 1.807) is 6.20 Å². The second-order valence-electron chi connectivity index (χ2n) is 7.17. The first-order valence-corrected chi connectivity index (χ1v) is 8.19. The Hall–Kier alpha value is -2.59. The van der Waals surface area contributed by atoms with Gasteiger partial charge in [0.25, 0.3) is 0 Å². The molecule has 0 saturated carbocycles. The van der Waals surface area contributed by atoms with E-state index in [4.69, 9.17) is 4.42 Å². The van der Waals surface area contributed by atoms with Crippen molar-refractivity contribution in [1.82, 2.24) is 4.98 Å². The fraction of sp³-hybridized carbons (Fsp3) is 0.250. The summed E-state index contributed by atoms with van der Waals surface area (Å²) in [5, 5.41) is 0. The third kappa shape index (κ3) is 2.69. The van der Waals surface area contributed by atoms with E-state index >= 15 is 0 Å². The van der Waals surface area contributed by atoms with Crippen LogP contribution >= 0.6 is 0 Å². The number of fused-ring (bicyclic) bond motifs is 1. The predicted molar refractivity (Wildman–Crippen MR) is 96.5 cm³/mol. The van der Waals surface area contributed by atoms with Crippen molar-refractivity contribution in [3.05, 3.63) is 60.3 Å². The molecule has 0 amide bonds. The average molecular weight is 320 g/mol. The van der Waals surface area contributed by atoms with Crippen LogP contribution in [0.15, 0.2) is 59.1 Å². The van der Waals surface area contributed by atoms with E-state index in [1.165, 1.54) is 11.3 Å². The molecule has 4 heteroatoms. The fourth-order valence-corrected chi connectivity index (χ4v) is 3.52. The number of hydrogen-bond acceptors (Lipinski definition) is 3. The highest BCUT2D eigenvalue weighted by Gasteiger charge is 2.28. The molecule has 0 bridgehead atoms. The molecule has 0 spiro atoms. The first kappa shape index (κ1) is 15.0. The van der Waals surface area contributed by atoms with Crippen molar-refractivity contribution in [2.75, 3.05) is 32.7 Å². The van der Waals surface area contributed by atoms with Crippen LogP contribution in [0.1, 0.15) is 5.56 Å². The zero-order valence-electron chi connectivity index (χ0n) is 14.4. The summed E-state index contributed by atoms with van der Waals surface area (Å²) in [7, 11) is 6.66. The van der Waals surface area contributed by atoms with Crippen molar-refractivity contribution in [3.8, 4) is 22.8 Å². The van der Waals surface area contributed by atoms with E-state index in [-0.39, 0.29) is 0 Å². The summed E-state index contributed by atoms with van der Waals surface area (Å²) in [6.45, 7) is 2.03. The Morgan fingerprint density at radius 1 is 1.04 bits per heavy atom. The minimum atomic E-state index is 0.676. The molecule has 4 nitrogen and oxygen atoms in total. The molecule has 2 heterocycles. The van der Waals surface area contributed by atoms with Gasteiger partial charge in [-0.2, -0.15) is 0 Å². The topological polar surface area (TPSA) is 29.3 Å². The minimum Gasteiger partial charge on any atom is -0.436 e. The summed E-state index contributed by atoms with van der Waals surface area (Å²) < 4.78 is 6.95. The van der Waals surface area contributed by atoms with E-state index < -0.39 is 0 Å². The number of quaternary nitrogens is 1. The summed E-state index contributed by atoms with van der Waals surface area (Å²) >= 11 is 0. The number of anilines is 1. The largest absolute Gasteiger partial charge is 0.436 e.